The third-order valence-electron chi connectivity index (χ3n) is 4.88. The molecule has 1 aliphatic rings. The number of imide groups is 1. The number of hydrogen-bond acceptors (Lipinski definition) is 6. The van der Waals surface area contributed by atoms with Crippen molar-refractivity contribution in [2.24, 2.45) is 0 Å². The molecule has 0 spiro atoms. The fraction of sp³-hybridized carbons (Fsp3) is 0.0952. The maximum atomic E-state index is 12.7. The number of hydrogen-bond donors (Lipinski definition) is 1. The first kappa shape index (κ1) is 19.1. The maximum Gasteiger partial charge on any atom is 0.274 e. The molecule has 0 radical (unpaired) electrons. The fourth-order valence-corrected chi connectivity index (χ4v) is 3.29. The van der Waals surface area contributed by atoms with Crippen molar-refractivity contribution >= 4 is 29.1 Å². The molecule has 0 saturated carbocycles. The third-order valence-corrected chi connectivity index (χ3v) is 4.88. The molecule has 4 rings (SSSR count). The molecule has 0 atom stereocenters. The molecule has 0 bridgehead atoms. The highest BCUT2D eigenvalue weighted by Gasteiger charge is 2.36. The molecule has 0 aliphatic carbocycles. The van der Waals surface area contributed by atoms with Gasteiger partial charge in [0, 0.05) is 11.6 Å². The van der Waals surface area contributed by atoms with Crippen LogP contribution in [0.15, 0.2) is 59.2 Å². The molecule has 150 valence electrons. The van der Waals surface area contributed by atoms with Crippen LogP contribution >= 0.6 is 0 Å². The minimum Gasteiger partial charge on any atom is -0.467 e. The van der Waals surface area contributed by atoms with Crippen LogP contribution in [0.1, 0.15) is 42.4 Å². The van der Waals surface area contributed by atoms with Crippen LogP contribution in [0.25, 0.3) is 0 Å². The van der Waals surface area contributed by atoms with Crippen molar-refractivity contribution in [2.45, 2.75) is 13.5 Å². The number of carbonyl (C=O) groups is 3. The van der Waals surface area contributed by atoms with E-state index in [1.165, 1.54) is 43.5 Å². The standard InChI is InChI=1S/C21H15N3O6/c1-12-17(5-2-6-18(12)24(28)29)22-19(25)13-7-8-15-16(10-13)21(27)23(20(15)26)11-14-4-3-9-30-14/h2-10H,11H2,1H3,(H,22,25). The zero-order valence-electron chi connectivity index (χ0n) is 15.7. The Balaban J connectivity index is 1.59. The molecule has 2 heterocycles. The summed E-state index contributed by atoms with van der Waals surface area (Å²) in [5.74, 6) is -1.07. The van der Waals surface area contributed by atoms with Crippen molar-refractivity contribution in [3.8, 4) is 0 Å². The SMILES string of the molecule is Cc1c(NC(=O)c2ccc3c(c2)C(=O)N(Cc2ccco2)C3=O)cccc1[N+](=O)[O-]. The number of nitro benzene ring substituents is 1. The summed E-state index contributed by atoms with van der Waals surface area (Å²) in [6, 6.07) is 11.9. The minimum atomic E-state index is -0.550. The van der Waals surface area contributed by atoms with Crippen LogP contribution in [0.4, 0.5) is 11.4 Å². The van der Waals surface area contributed by atoms with E-state index in [4.69, 9.17) is 4.42 Å². The van der Waals surface area contributed by atoms with E-state index in [0.717, 1.165) is 4.90 Å². The second kappa shape index (κ2) is 7.28. The van der Waals surface area contributed by atoms with Gasteiger partial charge in [0.25, 0.3) is 23.4 Å². The summed E-state index contributed by atoms with van der Waals surface area (Å²) in [7, 11) is 0. The Morgan fingerprint density at radius 2 is 1.87 bits per heavy atom. The summed E-state index contributed by atoms with van der Waals surface area (Å²) < 4.78 is 5.20. The number of amides is 3. The van der Waals surface area contributed by atoms with Gasteiger partial charge in [-0.25, -0.2) is 0 Å². The van der Waals surface area contributed by atoms with Crippen molar-refractivity contribution in [1.29, 1.82) is 0 Å². The van der Waals surface area contributed by atoms with Gasteiger partial charge in [0.15, 0.2) is 0 Å². The Hall–Kier alpha value is -4.27. The third kappa shape index (κ3) is 3.22. The van der Waals surface area contributed by atoms with Gasteiger partial charge in [0.05, 0.1) is 40.1 Å². The lowest BCUT2D eigenvalue weighted by Gasteiger charge is -2.11. The topological polar surface area (TPSA) is 123 Å². The van der Waals surface area contributed by atoms with Crippen molar-refractivity contribution < 1.29 is 23.7 Å². The Morgan fingerprint density at radius 3 is 2.57 bits per heavy atom. The predicted molar refractivity (Wildman–Crippen MR) is 105 cm³/mol. The fourth-order valence-electron chi connectivity index (χ4n) is 3.29. The summed E-state index contributed by atoms with van der Waals surface area (Å²) >= 11 is 0. The van der Waals surface area contributed by atoms with E-state index in [1.807, 2.05) is 0 Å². The molecule has 30 heavy (non-hydrogen) atoms. The van der Waals surface area contributed by atoms with Gasteiger partial charge < -0.3 is 9.73 Å². The number of nitro groups is 1. The number of fused-ring (bicyclic) bond motifs is 1. The summed E-state index contributed by atoms with van der Waals surface area (Å²) in [6.07, 6.45) is 1.45. The van der Waals surface area contributed by atoms with E-state index in [2.05, 4.69) is 5.32 Å². The lowest BCUT2D eigenvalue weighted by molar-refractivity contribution is -0.385. The number of rotatable bonds is 5. The monoisotopic (exact) mass is 405 g/mol. The van der Waals surface area contributed by atoms with Gasteiger partial charge in [-0.05, 0) is 43.3 Å². The molecule has 2 aromatic carbocycles. The van der Waals surface area contributed by atoms with Gasteiger partial charge in [0.1, 0.15) is 5.76 Å². The number of nitrogens with one attached hydrogen (secondary N) is 1. The van der Waals surface area contributed by atoms with Crippen LogP contribution in [0, 0.1) is 17.0 Å². The molecular weight excluding hydrogens is 390 g/mol. The highest BCUT2D eigenvalue weighted by atomic mass is 16.6. The van der Waals surface area contributed by atoms with E-state index >= 15 is 0 Å². The first-order valence-corrected chi connectivity index (χ1v) is 8.95. The summed E-state index contributed by atoms with van der Waals surface area (Å²) in [5, 5.41) is 13.7. The lowest BCUT2D eigenvalue weighted by atomic mass is 10.0. The van der Waals surface area contributed by atoms with Crippen molar-refractivity contribution in [3.05, 3.63) is 92.9 Å². The van der Waals surface area contributed by atoms with E-state index in [0.29, 0.717) is 11.3 Å². The second-order valence-electron chi connectivity index (χ2n) is 6.70. The quantitative estimate of drug-likeness (QED) is 0.393. The van der Waals surface area contributed by atoms with Gasteiger partial charge in [-0.2, -0.15) is 0 Å². The van der Waals surface area contributed by atoms with Gasteiger partial charge in [-0.1, -0.05) is 6.07 Å². The zero-order valence-corrected chi connectivity index (χ0v) is 15.7. The first-order valence-electron chi connectivity index (χ1n) is 8.95. The summed E-state index contributed by atoms with van der Waals surface area (Å²) in [5.41, 5.74) is 0.964. The Bertz CT molecular complexity index is 1200. The molecule has 9 nitrogen and oxygen atoms in total. The highest BCUT2D eigenvalue weighted by molar-refractivity contribution is 6.22. The van der Waals surface area contributed by atoms with Crippen LogP contribution in [0.5, 0.6) is 0 Å². The number of nitrogens with zero attached hydrogens (tertiary/aromatic N) is 2. The molecule has 1 N–H and O–H groups in total. The Kier molecular flexibility index (Phi) is 4.63. The first-order chi connectivity index (χ1) is 14.4. The smallest absolute Gasteiger partial charge is 0.274 e. The van der Waals surface area contributed by atoms with Crippen LogP contribution in [-0.2, 0) is 6.54 Å². The molecule has 0 fully saturated rings. The van der Waals surface area contributed by atoms with Crippen LogP contribution in [0.2, 0.25) is 0 Å². The molecule has 0 saturated heterocycles. The van der Waals surface area contributed by atoms with E-state index in [-0.39, 0.29) is 34.6 Å². The van der Waals surface area contributed by atoms with Gasteiger partial charge in [-0.3, -0.25) is 29.4 Å². The van der Waals surface area contributed by atoms with Gasteiger partial charge in [-0.15, -0.1) is 0 Å². The van der Waals surface area contributed by atoms with E-state index in [1.54, 1.807) is 18.2 Å². The zero-order chi connectivity index (χ0) is 21.4. The average Bonchev–Trinajstić information content (AvgIpc) is 3.32. The summed E-state index contributed by atoms with van der Waals surface area (Å²) in [6.45, 7) is 1.53. The molecule has 1 aromatic heterocycles. The number of carbonyl (C=O) groups excluding carboxylic acids is 3. The summed E-state index contributed by atoms with van der Waals surface area (Å²) in [4.78, 5) is 49.5. The van der Waals surface area contributed by atoms with Crippen molar-refractivity contribution in [1.82, 2.24) is 4.90 Å². The predicted octanol–water partition coefficient (Wildman–Crippen LogP) is 3.54. The average molecular weight is 405 g/mol. The lowest BCUT2D eigenvalue weighted by Crippen LogP contribution is -2.28. The Morgan fingerprint density at radius 1 is 1.10 bits per heavy atom. The van der Waals surface area contributed by atoms with E-state index < -0.39 is 22.6 Å². The number of anilines is 1. The molecular formula is C21H15N3O6. The molecule has 9 heteroatoms. The van der Waals surface area contributed by atoms with Gasteiger partial charge in [0.2, 0.25) is 0 Å². The number of benzene rings is 2. The van der Waals surface area contributed by atoms with Crippen LogP contribution < -0.4 is 5.32 Å². The highest BCUT2D eigenvalue weighted by Crippen LogP contribution is 2.28. The van der Waals surface area contributed by atoms with E-state index in [9.17, 15) is 24.5 Å². The molecule has 3 amide bonds. The molecule has 3 aromatic rings. The van der Waals surface area contributed by atoms with Crippen LogP contribution in [-0.4, -0.2) is 27.5 Å². The Labute approximate surface area is 170 Å². The minimum absolute atomic E-state index is 0.00620. The number of furan rings is 1. The molecule has 1 aliphatic heterocycles. The normalized spacial score (nSPS) is 12.8. The second-order valence-corrected chi connectivity index (χ2v) is 6.70. The molecule has 0 unspecified atom stereocenters. The van der Waals surface area contributed by atoms with Crippen molar-refractivity contribution in [3.63, 3.8) is 0 Å². The van der Waals surface area contributed by atoms with Gasteiger partial charge >= 0.3 is 0 Å². The van der Waals surface area contributed by atoms with Crippen LogP contribution in [0.3, 0.4) is 0 Å². The largest absolute Gasteiger partial charge is 0.467 e. The maximum absolute atomic E-state index is 12.7. The van der Waals surface area contributed by atoms with Crippen molar-refractivity contribution in [2.75, 3.05) is 5.32 Å².